The summed E-state index contributed by atoms with van der Waals surface area (Å²) in [5.41, 5.74) is 0.341. The first-order valence-corrected chi connectivity index (χ1v) is 9.48. The molecule has 4 rings (SSSR count). The highest BCUT2D eigenvalue weighted by Gasteiger charge is 2.48. The molecule has 0 bridgehead atoms. The molecule has 0 aliphatic carbocycles. The number of likely N-dealkylation sites (tertiary alicyclic amines) is 2. The highest BCUT2D eigenvalue weighted by molar-refractivity contribution is 6.31. The number of fused-ring (bicyclic) bond motifs is 1. The summed E-state index contributed by atoms with van der Waals surface area (Å²) in [6.45, 7) is 2.94. The summed E-state index contributed by atoms with van der Waals surface area (Å²) < 4.78 is 11.1. The smallest absolute Gasteiger partial charge is 0.230 e. The van der Waals surface area contributed by atoms with Crippen LogP contribution in [-0.4, -0.2) is 61.5 Å². The number of rotatable bonds is 2. The number of nitrogens with zero attached hydrogens (tertiary/aromatic N) is 2. The maximum Gasteiger partial charge on any atom is 0.230 e. The molecule has 3 aliphatic heterocycles. The van der Waals surface area contributed by atoms with Crippen LogP contribution in [0.5, 0.6) is 11.5 Å². The number of carbonyl (C=O) groups is 2. The zero-order valence-corrected chi connectivity index (χ0v) is 15.7. The lowest BCUT2D eigenvalue weighted by molar-refractivity contribution is -0.144. The molecule has 140 valence electrons. The van der Waals surface area contributed by atoms with E-state index in [4.69, 9.17) is 21.1 Å². The first-order valence-electron chi connectivity index (χ1n) is 9.10. The molecule has 1 spiro atoms. The number of carbonyl (C=O) groups excluding carboxylic acids is 2. The van der Waals surface area contributed by atoms with Crippen molar-refractivity contribution in [1.82, 2.24) is 9.80 Å². The van der Waals surface area contributed by atoms with Gasteiger partial charge in [0.2, 0.25) is 11.8 Å². The van der Waals surface area contributed by atoms with Crippen molar-refractivity contribution in [3.8, 4) is 11.5 Å². The second kappa shape index (κ2) is 6.65. The number of halogens is 1. The number of benzene rings is 1. The van der Waals surface area contributed by atoms with E-state index >= 15 is 0 Å². The Labute approximate surface area is 158 Å². The van der Waals surface area contributed by atoms with Gasteiger partial charge in [0.15, 0.2) is 11.5 Å². The summed E-state index contributed by atoms with van der Waals surface area (Å²) in [5.74, 6) is 1.43. The zero-order chi connectivity index (χ0) is 18.3. The van der Waals surface area contributed by atoms with E-state index in [1.807, 2.05) is 11.9 Å². The molecule has 0 aromatic heterocycles. The first-order chi connectivity index (χ1) is 12.5. The van der Waals surface area contributed by atoms with Crippen molar-refractivity contribution in [2.24, 2.45) is 5.41 Å². The fourth-order valence-corrected chi connectivity index (χ4v) is 4.47. The van der Waals surface area contributed by atoms with Crippen molar-refractivity contribution < 1.29 is 19.1 Å². The lowest BCUT2D eigenvalue weighted by Gasteiger charge is -2.37. The van der Waals surface area contributed by atoms with E-state index in [-0.39, 0.29) is 23.7 Å². The van der Waals surface area contributed by atoms with Gasteiger partial charge in [-0.2, -0.15) is 0 Å². The van der Waals surface area contributed by atoms with Crippen LogP contribution in [0.15, 0.2) is 12.1 Å². The molecule has 2 fully saturated rings. The molecule has 2 amide bonds. The number of amides is 2. The third-order valence-corrected chi connectivity index (χ3v) is 6.06. The summed E-state index contributed by atoms with van der Waals surface area (Å²) in [6, 6.07) is 3.50. The van der Waals surface area contributed by atoms with Crippen LogP contribution in [0, 0.1) is 5.41 Å². The number of ether oxygens (including phenoxy) is 2. The molecule has 0 unspecified atom stereocenters. The van der Waals surface area contributed by atoms with Crippen molar-refractivity contribution in [2.75, 3.05) is 39.9 Å². The number of piperidine rings is 1. The van der Waals surface area contributed by atoms with E-state index in [9.17, 15) is 9.59 Å². The molecule has 26 heavy (non-hydrogen) atoms. The van der Waals surface area contributed by atoms with Gasteiger partial charge in [0.25, 0.3) is 0 Å². The van der Waals surface area contributed by atoms with E-state index in [2.05, 4.69) is 0 Å². The molecule has 3 heterocycles. The minimum absolute atomic E-state index is 0.00137. The second-order valence-corrected chi connectivity index (χ2v) is 7.85. The highest BCUT2D eigenvalue weighted by Crippen LogP contribution is 2.40. The molecule has 3 aliphatic rings. The molecular formula is C19H23ClN2O4. The molecule has 0 saturated carbocycles. The third-order valence-electron chi connectivity index (χ3n) is 5.71. The van der Waals surface area contributed by atoms with Crippen LogP contribution >= 0.6 is 11.6 Å². The van der Waals surface area contributed by atoms with E-state index in [0.717, 1.165) is 31.4 Å². The number of hydrogen-bond acceptors (Lipinski definition) is 4. The van der Waals surface area contributed by atoms with E-state index in [1.165, 1.54) is 0 Å². The molecule has 1 aromatic rings. The van der Waals surface area contributed by atoms with Crippen LogP contribution in [0.4, 0.5) is 0 Å². The van der Waals surface area contributed by atoms with Gasteiger partial charge in [-0.05, 0) is 30.9 Å². The van der Waals surface area contributed by atoms with Crippen LogP contribution in [0.3, 0.4) is 0 Å². The Morgan fingerprint density at radius 3 is 2.69 bits per heavy atom. The van der Waals surface area contributed by atoms with Gasteiger partial charge in [0.05, 0.1) is 11.8 Å². The fraction of sp³-hybridized carbons (Fsp3) is 0.579. The first kappa shape index (κ1) is 17.5. The maximum atomic E-state index is 12.8. The average molecular weight is 379 g/mol. The monoisotopic (exact) mass is 378 g/mol. The Morgan fingerprint density at radius 1 is 1.19 bits per heavy atom. The SMILES string of the molecule is CN1CCC[C@@]2(CCN(C(=O)Cc3cc4c(cc3Cl)OCCO4)C2)C1=O. The van der Waals surface area contributed by atoms with Gasteiger partial charge in [-0.3, -0.25) is 9.59 Å². The van der Waals surface area contributed by atoms with E-state index in [0.29, 0.717) is 42.8 Å². The van der Waals surface area contributed by atoms with Crippen molar-refractivity contribution in [3.05, 3.63) is 22.7 Å². The normalized spacial score (nSPS) is 25.1. The van der Waals surface area contributed by atoms with Gasteiger partial charge in [0.1, 0.15) is 13.2 Å². The summed E-state index contributed by atoms with van der Waals surface area (Å²) in [7, 11) is 1.85. The van der Waals surface area contributed by atoms with Gasteiger partial charge in [-0.1, -0.05) is 11.6 Å². The Balaban J connectivity index is 1.47. The lowest BCUT2D eigenvalue weighted by atomic mass is 9.78. The quantitative estimate of drug-likeness (QED) is 0.791. The van der Waals surface area contributed by atoms with Crippen LogP contribution in [0.2, 0.25) is 5.02 Å². The summed E-state index contributed by atoms with van der Waals surface area (Å²) in [5, 5.41) is 0.505. The standard InChI is InChI=1S/C19H23ClN2O4/c1-21-5-2-3-19(18(21)24)4-6-22(12-19)17(23)10-13-9-15-16(11-14(13)20)26-8-7-25-15/h9,11H,2-8,10,12H2,1H3/t19-/m0/s1. The Kier molecular flexibility index (Phi) is 4.47. The summed E-state index contributed by atoms with van der Waals surface area (Å²) in [4.78, 5) is 29.1. The van der Waals surface area contributed by atoms with Gasteiger partial charge in [-0.25, -0.2) is 0 Å². The van der Waals surface area contributed by atoms with Crippen LogP contribution in [-0.2, 0) is 16.0 Å². The predicted octanol–water partition coefficient (Wildman–Crippen LogP) is 2.12. The lowest BCUT2D eigenvalue weighted by Crippen LogP contribution is -2.48. The minimum Gasteiger partial charge on any atom is -0.486 e. The molecular weight excluding hydrogens is 356 g/mol. The molecule has 1 atom stereocenters. The summed E-state index contributed by atoms with van der Waals surface area (Å²) in [6.07, 6.45) is 2.81. The zero-order valence-electron chi connectivity index (χ0n) is 14.9. The molecule has 0 N–H and O–H groups in total. The Morgan fingerprint density at radius 2 is 1.92 bits per heavy atom. The Bertz CT molecular complexity index is 753. The summed E-state index contributed by atoms with van der Waals surface area (Å²) >= 11 is 6.33. The average Bonchev–Trinajstić information content (AvgIpc) is 3.05. The van der Waals surface area contributed by atoms with Crippen molar-refractivity contribution in [1.29, 1.82) is 0 Å². The third kappa shape index (κ3) is 3.00. The molecule has 0 radical (unpaired) electrons. The van der Waals surface area contributed by atoms with Crippen LogP contribution in [0.25, 0.3) is 0 Å². The van der Waals surface area contributed by atoms with Gasteiger partial charge >= 0.3 is 0 Å². The molecule has 2 saturated heterocycles. The minimum atomic E-state index is -0.390. The largest absolute Gasteiger partial charge is 0.486 e. The van der Waals surface area contributed by atoms with E-state index in [1.54, 1.807) is 17.0 Å². The van der Waals surface area contributed by atoms with Gasteiger partial charge in [-0.15, -0.1) is 0 Å². The van der Waals surface area contributed by atoms with Crippen molar-refractivity contribution in [2.45, 2.75) is 25.7 Å². The fourth-order valence-electron chi connectivity index (χ4n) is 4.25. The van der Waals surface area contributed by atoms with Crippen LogP contribution in [0.1, 0.15) is 24.8 Å². The van der Waals surface area contributed by atoms with Gasteiger partial charge < -0.3 is 19.3 Å². The Hall–Kier alpha value is -1.95. The van der Waals surface area contributed by atoms with Crippen molar-refractivity contribution >= 4 is 23.4 Å². The predicted molar refractivity (Wildman–Crippen MR) is 96.6 cm³/mol. The molecule has 6 nitrogen and oxygen atoms in total. The van der Waals surface area contributed by atoms with Crippen molar-refractivity contribution in [3.63, 3.8) is 0 Å². The molecule has 7 heteroatoms. The second-order valence-electron chi connectivity index (χ2n) is 7.44. The van der Waals surface area contributed by atoms with E-state index < -0.39 is 0 Å². The topological polar surface area (TPSA) is 59.1 Å². The van der Waals surface area contributed by atoms with Gasteiger partial charge in [0, 0.05) is 37.8 Å². The number of hydrogen-bond donors (Lipinski definition) is 0. The highest BCUT2D eigenvalue weighted by atomic mass is 35.5. The molecule has 1 aromatic carbocycles. The van der Waals surface area contributed by atoms with Crippen LogP contribution < -0.4 is 9.47 Å². The maximum absolute atomic E-state index is 12.8.